The third-order valence-electron chi connectivity index (χ3n) is 3.78. The molecular weight excluding hydrogens is 290 g/mol. The number of hydrogen-bond acceptors (Lipinski definition) is 3. The van der Waals surface area contributed by atoms with E-state index in [1.807, 2.05) is 23.2 Å². The molecule has 0 bridgehead atoms. The molecule has 1 aromatic carbocycles. The molecule has 1 aliphatic heterocycles. The van der Waals surface area contributed by atoms with E-state index in [4.69, 9.17) is 11.6 Å². The van der Waals surface area contributed by atoms with Crippen LogP contribution in [-0.2, 0) is 0 Å². The Bertz CT molecular complexity index is 660. The Balaban J connectivity index is 1.80. The minimum absolute atomic E-state index is 0.0641. The molecule has 1 aliphatic rings. The summed E-state index contributed by atoms with van der Waals surface area (Å²) in [4.78, 5) is 17.7. The number of hydrogen-bond donors (Lipinski definition) is 1. The lowest BCUT2D eigenvalue weighted by molar-refractivity contribution is 0.168. The van der Waals surface area contributed by atoms with Gasteiger partial charge in [0.2, 0.25) is 0 Å². The molecule has 1 fully saturated rings. The monoisotopic (exact) mass is 307 g/mol. The summed E-state index contributed by atoms with van der Waals surface area (Å²) in [5, 5.41) is 8.78. The maximum Gasteiger partial charge on any atom is 0.319 e. The predicted octanol–water partition coefficient (Wildman–Crippen LogP) is 2.02. The SMILES string of the molecule is CN(C)C(=O)N1CCN(c2cc(Cl)cc3[nH]ncc23)CC1. The number of urea groups is 1. The maximum absolute atomic E-state index is 12.0. The van der Waals surface area contributed by atoms with Crippen LogP contribution in [0.15, 0.2) is 18.3 Å². The fraction of sp³-hybridized carbons (Fsp3) is 0.429. The molecule has 7 heteroatoms. The molecule has 1 N–H and O–H groups in total. The van der Waals surface area contributed by atoms with Gasteiger partial charge in [-0.3, -0.25) is 5.10 Å². The number of halogens is 1. The summed E-state index contributed by atoms with van der Waals surface area (Å²) in [6.45, 7) is 3.01. The Morgan fingerprint density at radius 2 is 2.00 bits per heavy atom. The van der Waals surface area contributed by atoms with Gasteiger partial charge in [-0.2, -0.15) is 5.10 Å². The van der Waals surface area contributed by atoms with Gasteiger partial charge in [0.05, 0.1) is 11.7 Å². The van der Waals surface area contributed by atoms with E-state index in [9.17, 15) is 4.79 Å². The van der Waals surface area contributed by atoms with Gasteiger partial charge in [0.1, 0.15) is 0 Å². The lowest BCUT2D eigenvalue weighted by Gasteiger charge is -2.37. The van der Waals surface area contributed by atoms with Gasteiger partial charge in [-0.05, 0) is 12.1 Å². The van der Waals surface area contributed by atoms with Gasteiger partial charge in [0.15, 0.2) is 0 Å². The summed E-state index contributed by atoms with van der Waals surface area (Å²) in [6.07, 6.45) is 1.82. The van der Waals surface area contributed by atoms with E-state index in [1.165, 1.54) is 0 Å². The molecule has 1 saturated heterocycles. The molecule has 0 atom stereocenters. The molecule has 0 radical (unpaired) electrons. The number of nitrogens with zero attached hydrogens (tertiary/aromatic N) is 4. The van der Waals surface area contributed by atoms with Crippen molar-refractivity contribution >= 4 is 34.2 Å². The summed E-state index contributed by atoms with van der Waals surface area (Å²) in [7, 11) is 3.56. The number of piperazine rings is 1. The van der Waals surface area contributed by atoms with E-state index in [-0.39, 0.29) is 6.03 Å². The highest BCUT2D eigenvalue weighted by Gasteiger charge is 2.23. The molecule has 0 aliphatic carbocycles. The molecule has 21 heavy (non-hydrogen) atoms. The van der Waals surface area contributed by atoms with Crippen LogP contribution in [-0.4, -0.2) is 66.3 Å². The van der Waals surface area contributed by atoms with Crippen molar-refractivity contribution in [2.75, 3.05) is 45.2 Å². The smallest absolute Gasteiger partial charge is 0.319 e. The van der Waals surface area contributed by atoms with E-state index in [0.717, 1.165) is 29.7 Å². The van der Waals surface area contributed by atoms with Gasteiger partial charge >= 0.3 is 6.03 Å². The number of fused-ring (bicyclic) bond motifs is 1. The lowest BCUT2D eigenvalue weighted by atomic mass is 10.2. The van der Waals surface area contributed by atoms with Crippen molar-refractivity contribution in [1.82, 2.24) is 20.0 Å². The van der Waals surface area contributed by atoms with Crippen molar-refractivity contribution in [2.45, 2.75) is 0 Å². The van der Waals surface area contributed by atoms with Gasteiger partial charge < -0.3 is 14.7 Å². The second kappa shape index (κ2) is 5.44. The van der Waals surface area contributed by atoms with Crippen molar-refractivity contribution in [2.24, 2.45) is 0 Å². The number of aromatic amines is 1. The topological polar surface area (TPSA) is 55.5 Å². The van der Waals surface area contributed by atoms with Crippen molar-refractivity contribution in [1.29, 1.82) is 0 Å². The van der Waals surface area contributed by atoms with Crippen molar-refractivity contribution in [3.05, 3.63) is 23.4 Å². The zero-order chi connectivity index (χ0) is 15.0. The molecule has 2 aromatic rings. The van der Waals surface area contributed by atoms with Crippen molar-refractivity contribution < 1.29 is 4.79 Å². The molecule has 0 saturated carbocycles. The number of amides is 2. The number of anilines is 1. The van der Waals surface area contributed by atoms with Crippen LogP contribution >= 0.6 is 11.6 Å². The second-order valence-electron chi connectivity index (χ2n) is 5.41. The highest BCUT2D eigenvalue weighted by atomic mass is 35.5. The third-order valence-corrected chi connectivity index (χ3v) is 3.99. The molecule has 2 heterocycles. The zero-order valence-corrected chi connectivity index (χ0v) is 12.9. The first-order valence-electron chi connectivity index (χ1n) is 6.90. The van der Waals surface area contributed by atoms with Gasteiger partial charge in [0.25, 0.3) is 0 Å². The largest absolute Gasteiger partial charge is 0.367 e. The number of nitrogens with one attached hydrogen (secondary N) is 1. The van der Waals surface area contributed by atoms with Gasteiger partial charge in [-0.15, -0.1) is 0 Å². The van der Waals surface area contributed by atoms with Gasteiger partial charge in [-0.25, -0.2) is 4.79 Å². The number of rotatable bonds is 1. The average Bonchev–Trinajstić information content (AvgIpc) is 2.93. The summed E-state index contributed by atoms with van der Waals surface area (Å²) < 4.78 is 0. The Morgan fingerprint density at radius 1 is 1.29 bits per heavy atom. The molecule has 3 rings (SSSR count). The summed E-state index contributed by atoms with van der Waals surface area (Å²) in [5.41, 5.74) is 2.01. The third kappa shape index (κ3) is 2.63. The normalized spacial score (nSPS) is 15.6. The number of H-pyrrole nitrogens is 1. The van der Waals surface area contributed by atoms with Gasteiger partial charge in [0, 0.05) is 56.4 Å². The first kappa shape index (κ1) is 14.0. The zero-order valence-electron chi connectivity index (χ0n) is 12.1. The lowest BCUT2D eigenvalue weighted by Crippen LogP contribution is -2.51. The highest BCUT2D eigenvalue weighted by Crippen LogP contribution is 2.30. The van der Waals surface area contributed by atoms with Crippen molar-refractivity contribution in [3.63, 3.8) is 0 Å². The van der Waals surface area contributed by atoms with Crippen LogP contribution in [0.2, 0.25) is 5.02 Å². The Morgan fingerprint density at radius 3 is 2.67 bits per heavy atom. The quantitative estimate of drug-likeness (QED) is 0.877. The van der Waals surface area contributed by atoms with E-state index in [2.05, 4.69) is 15.1 Å². The minimum Gasteiger partial charge on any atom is -0.367 e. The molecule has 6 nitrogen and oxygen atoms in total. The van der Waals surface area contributed by atoms with Crippen LogP contribution in [0, 0.1) is 0 Å². The summed E-state index contributed by atoms with van der Waals surface area (Å²) in [5.74, 6) is 0. The summed E-state index contributed by atoms with van der Waals surface area (Å²) in [6, 6.07) is 3.90. The van der Waals surface area contributed by atoms with E-state index >= 15 is 0 Å². The van der Waals surface area contributed by atoms with Crippen molar-refractivity contribution in [3.8, 4) is 0 Å². The first-order chi connectivity index (χ1) is 10.1. The first-order valence-corrected chi connectivity index (χ1v) is 7.28. The Kier molecular flexibility index (Phi) is 3.63. The molecule has 2 amide bonds. The Hall–Kier alpha value is -1.95. The number of carbonyl (C=O) groups excluding carboxylic acids is 1. The molecule has 1 aromatic heterocycles. The fourth-order valence-electron chi connectivity index (χ4n) is 2.68. The van der Waals surface area contributed by atoms with Crippen LogP contribution in [0.5, 0.6) is 0 Å². The van der Waals surface area contributed by atoms with Crippen LogP contribution in [0.3, 0.4) is 0 Å². The fourth-order valence-corrected chi connectivity index (χ4v) is 2.89. The Labute approximate surface area is 128 Å². The van der Waals surface area contributed by atoms with E-state index < -0.39 is 0 Å². The molecule has 0 unspecified atom stereocenters. The van der Waals surface area contributed by atoms with Crippen LogP contribution in [0.1, 0.15) is 0 Å². The van der Waals surface area contributed by atoms with E-state index in [0.29, 0.717) is 18.1 Å². The average molecular weight is 308 g/mol. The van der Waals surface area contributed by atoms with Crippen LogP contribution in [0.4, 0.5) is 10.5 Å². The minimum atomic E-state index is 0.0641. The summed E-state index contributed by atoms with van der Waals surface area (Å²) >= 11 is 6.18. The van der Waals surface area contributed by atoms with Gasteiger partial charge in [-0.1, -0.05) is 11.6 Å². The molecular formula is C14H18ClN5O. The molecule has 112 valence electrons. The van der Waals surface area contributed by atoms with Crippen LogP contribution < -0.4 is 4.90 Å². The standard InChI is InChI=1S/C14H18ClN5O/c1-18(2)14(21)20-5-3-19(4-6-20)13-8-10(15)7-12-11(13)9-16-17-12/h7-9H,3-6H2,1-2H3,(H,16,17). The predicted molar refractivity (Wildman–Crippen MR) is 84.0 cm³/mol. The second-order valence-corrected chi connectivity index (χ2v) is 5.84. The number of benzene rings is 1. The van der Waals surface area contributed by atoms with Crippen LogP contribution in [0.25, 0.3) is 10.9 Å². The number of carbonyl (C=O) groups is 1. The molecule has 0 spiro atoms. The van der Waals surface area contributed by atoms with E-state index in [1.54, 1.807) is 19.0 Å². The maximum atomic E-state index is 12.0. The number of aromatic nitrogens is 2. The highest BCUT2D eigenvalue weighted by molar-refractivity contribution is 6.31.